The molecule has 0 N–H and O–H groups in total. The summed E-state index contributed by atoms with van der Waals surface area (Å²) in [6.07, 6.45) is 0. The number of aryl methyl sites for hydroxylation is 1. The van der Waals surface area contributed by atoms with Gasteiger partial charge in [0.2, 0.25) is 0 Å². The molecule has 1 aliphatic heterocycles. The lowest BCUT2D eigenvalue weighted by molar-refractivity contribution is 0.0295. The second-order valence-electron chi connectivity index (χ2n) is 6.44. The number of nitrogens with zero attached hydrogens (tertiary/aromatic N) is 4. The number of morpholine rings is 1. The molecule has 0 spiro atoms. The molecule has 26 heavy (non-hydrogen) atoms. The standard InChI is InChI=1S/C17H23FN4O3S/c1-12-17(13(2)22(19-12)15-8-6-5-7-14(15)18)16-11-25-10-9-21(16)26(23,24)20(3)4/h5-8,16H,9-11H2,1-4H3/t16-/m0/s1. The molecule has 142 valence electrons. The molecule has 7 nitrogen and oxygen atoms in total. The maximum Gasteiger partial charge on any atom is 0.282 e. The van der Waals surface area contributed by atoms with E-state index in [-0.39, 0.29) is 19.0 Å². The first kappa shape index (κ1) is 19.0. The highest BCUT2D eigenvalue weighted by atomic mass is 32.2. The molecule has 2 aromatic rings. The molecule has 0 bridgehead atoms. The largest absolute Gasteiger partial charge is 0.378 e. The van der Waals surface area contributed by atoms with Crippen LogP contribution in [0.15, 0.2) is 24.3 Å². The third kappa shape index (κ3) is 3.16. The average molecular weight is 382 g/mol. The lowest BCUT2D eigenvalue weighted by atomic mass is 10.0. The number of hydrogen-bond donors (Lipinski definition) is 0. The van der Waals surface area contributed by atoms with E-state index < -0.39 is 16.3 Å². The number of rotatable bonds is 4. The van der Waals surface area contributed by atoms with Crippen molar-refractivity contribution in [3.8, 4) is 5.69 Å². The summed E-state index contributed by atoms with van der Waals surface area (Å²) in [5.74, 6) is -0.387. The number of para-hydroxylation sites is 1. The smallest absolute Gasteiger partial charge is 0.282 e. The van der Waals surface area contributed by atoms with Crippen LogP contribution in [0.1, 0.15) is 23.0 Å². The number of hydrogen-bond acceptors (Lipinski definition) is 4. The lowest BCUT2D eigenvalue weighted by Gasteiger charge is -2.36. The molecule has 9 heteroatoms. The van der Waals surface area contributed by atoms with Gasteiger partial charge in [-0.05, 0) is 26.0 Å². The van der Waals surface area contributed by atoms with Crippen molar-refractivity contribution in [3.63, 3.8) is 0 Å². The lowest BCUT2D eigenvalue weighted by Crippen LogP contribution is -2.48. The van der Waals surface area contributed by atoms with Crippen molar-refractivity contribution in [3.05, 3.63) is 47.0 Å². The summed E-state index contributed by atoms with van der Waals surface area (Å²) in [4.78, 5) is 0. The van der Waals surface area contributed by atoms with Gasteiger partial charge in [-0.2, -0.15) is 22.1 Å². The Balaban J connectivity index is 2.10. The van der Waals surface area contributed by atoms with E-state index in [9.17, 15) is 12.8 Å². The summed E-state index contributed by atoms with van der Waals surface area (Å²) in [5.41, 5.74) is 2.43. The molecule has 1 saturated heterocycles. The van der Waals surface area contributed by atoms with Crippen LogP contribution in [0.5, 0.6) is 0 Å². The summed E-state index contributed by atoms with van der Waals surface area (Å²) >= 11 is 0. The summed E-state index contributed by atoms with van der Waals surface area (Å²) < 4.78 is 49.4. The first-order chi connectivity index (χ1) is 12.2. The molecule has 1 aromatic heterocycles. The van der Waals surface area contributed by atoms with Crippen LogP contribution in [0.4, 0.5) is 4.39 Å². The zero-order chi connectivity index (χ0) is 19.1. The van der Waals surface area contributed by atoms with Gasteiger partial charge in [0.1, 0.15) is 11.5 Å². The predicted molar refractivity (Wildman–Crippen MR) is 95.9 cm³/mol. The normalized spacial score (nSPS) is 19.2. The first-order valence-electron chi connectivity index (χ1n) is 8.33. The van der Waals surface area contributed by atoms with Crippen molar-refractivity contribution in [1.82, 2.24) is 18.4 Å². The minimum absolute atomic E-state index is 0.234. The van der Waals surface area contributed by atoms with E-state index in [1.165, 1.54) is 33.5 Å². The second kappa shape index (κ2) is 7.07. The van der Waals surface area contributed by atoms with Gasteiger partial charge in [-0.3, -0.25) is 0 Å². The van der Waals surface area contributed by atoms with Crippen LogP contribution in [0.25, 0.3) is 5.69 Å². The van der Waals surface area contributed by atoms with Gasteiger partial charge in [-0.1, -0.05) is 12.1 Å². The Hall–Kier alpha value is -1.81. The molecule has 0 radical (unpaired) electrons. The number of aromatic nitrogens is 2. The minimum Gasteiger partial charge on any atom is -0.378 e. The molecule has 0 unspecified atom stereocenters. The third-order valence-electron chi connectivity index (χ3n) is 4.60. The monoisotopic (exact) mass is 382 g/mol. The quantitative estimate of drug-likeness (QED) is 0.809. The fourth-order valence-electron chi connectivity index (χ4n) is 3.30. The summed E-state index contributed by atoms with van der Waals surface area (Å²) in [7, 11) is -0.610. The van der Waals surface area contributed by atoms with Crippen LogP contribution in [0.3, 0.4) is 0 Å². The molecule has 2 heterocycles. The Labute approximate surface area is 153 Å². The van der Waals surface area contributed by atoms with Crippen LogP contribution in [-0.2, 0) is 14.9 Å². The van der Waals surface area contributed by atoms with E-state index in [1.807, 2.05) is 6.92 Å². The van der Waals surface area contributed by atoms with Crippen LogP contribution in [0, 0.1) is 19.7 Å². The average Bonchev–Trinajstić information content (AvgIpc) is 2.89. The van der Waals surface area contributed by atoms with E-state index in [2.05, 4.69) is 5.10 Å². The zero-order valence-electron chi connectivity index (χ0n) is 15.3. The maximum atomic E-state index is 14.2. The highest BCUT2D eigenvalue weighted by molar-refractivity contribution is 7.86. The Morgan fingerprint density at radius 1 is 1.27 bits per heavy atom. The topological polar surface area (TPSA) is 67.7 Å². The van der Waals surface area contributed by atoms with Crippen LogP contribution < -0.4 is 0 Å². The zero-order valence-corrected chi connectivity index (χ0v) is 16.1. The van der Waals surface area contributed by atoms with Gasteiger partial charge in [0.05, 0.1) is 24.9 Å². The molecule has 1 aromatic carbocycles. The molecule has 1 atom stereocenters. The van der Waals surface area contributed by atoms with Crippen molar-refractivity contribution in [2.45, 2.75) is 19.9 Å². The Morgan fingerprint density at radius 2 is 1.96 bits per heavy atom. The Kier molecular flexibility index (Phi) is 5.16. The van der Waals surface area contributed by atoms with Gasteiger partial charge >= 0.3 is 0 Å². The fraction of sp³-hybridized carbons (Fsp3) is 0.471. The van der Waals surface area contributed by atoms with Crippen LogP contribution in [-0.4, -0.2) is 60.7 Å². The van der Waals surface area contributed by atoms with E-state index in [4.69, 9.17) is 4.74 Å². The highest BCUT2D eigenvalue weighted by Gasteiger charge is 2.38. The summed E-state index contributed by atoms with van der Waals surface area (Å²) in [6.45, 7) is 4.45. The predicted octanol–water partition coefficient (Wildman–Crippen LogP) is 1.81. The van der Waals surface area contributed by atoms with Crippen molar-refractivity contribution in [1.29, 1.82) is 0 Å². The van der Waals surface area contributed by atoms with Gasteiger partial charge in [0, 0.05) is 31.9 Å². The van der Waals surface area contributed by atoms with Crippen molar-refractivity contribution >= 4 is 10.2 Å². The van der Waals surface area contributed by atoms with Gasteiger partial charge in [0.15, 0.2) is 0 Å². The summed E-state index contributed by atoms with van der Waals surface area (Å²) in [5, 5.41) is 4.46. The Bertz CT molecular complexity index is 911. The van der Waals surface area contributed by atoms with Gasteiger partial charge < -0.3 is 4.74 Å². The number of benzene rings is 1. The van der Waals surface area contributed by atoms with E-state index >= 15 is 0 Å². The SMILES string of the molecule is Cc1nn(-c2ccccc2F)c(C)c1[C@@H]1COCCN1S(=O)(=O)N(C)C. The maximum absolute atomic E-state index is 14.2. The van der Waals surface area contributed by atoms with Gasteiger partial charge in [-0.15, -0.1) is 0 Å². The van der Waals surface area contributed by atoms with Crippen LogP contribution >= 0.6 is 0 Å². The van der Waals surface area contributed by atoms with E-state index in [0.717, 1.165) is 5.56 Å². The fourth-order valence-corrected chi connectivity index (χ4v) is 4.51. The van der Waals surface area contributed by atoms with Gasteiger partial charge in [-0.25, -0.2) is 9.07 Å². The molecule has 0 aliphatic carbocycles. The second-order valence-corrected chi connectivity index (χ2v) is 8.53. The molecule has 3 rings (SSSR count). The third-order valence-corrected chi connectivity index (χ3v) is 6.55. The number of halogens is 1. The van der Waals surface area contributed by atoms with E-state index in [1.54, 1.807) is 25.1 Å². The van der Waals surface area contributed by atoms with Crippen molar-refractivity contribution in [2.24, 2.45) is 0 Å². The molecule has 0 amide bonds. The highest BCUT2D eigenvalue weighted by Crippen LogP contribution is 2.33. The molecule has 1 fully saturated rings. The minimum atomic E-state index is -3.62. The van der Waals surface area contributed by atoms with Crippen molar-refractivity contribution < 1.29 is 17.5 Å². The number of ether oxygens (including phenoxy) is 1. The summed E-state index contributed by atoms with van der Waals surface area (Å²) in [6, 6.07) is 5.87. The Morgan fingerprint density at radius 3 is 2.62 bits per heavy atom. The van der Waals surface area contributed by atoms with E-state index in [0.29, 0.717) is 23.7 Å². The molecule has 1 aliphatic rings. The molecular weight excluding hydrogens is 359 g/mol. The first-order valence-corrected chi connectivity index (χ1v) is 9.73. The molecule has 0 saturated carbocycles. The molecular formula is C17H23FN4O3S. The van der Waals surface area contributed by atoms with Gasteiger partial charge in [0.25, 0.3) is 10.2 Å². The van der Waals surface area contributed by atoms with Crippen LogP contribution in [0.2, 0.25) is 0 Å². The van der Waals surface area contributed by atoms with Crippen molar-refractivity contribution in [2.75, 3.05) is 33.9 Å².